The molecule has 0 amide bonds. The molecule has 1 unspecified atom stereocenters. The zero-order chi connectivity index (χ0) is 13.7. The minimum absolute atomic E-state index is 0.329. The Morgan fingerprint density at radius 3 is 3.00 bits per heavy atom. The fourth-order valence-electron chi connectivity index (χ4n) is 2.41. The van der Waals surface area contributed by atoms with Gasteiger partial charge in [0, 0.05) is 38.5 Å². The Morgan fingerprint density at radius 1 is 1.47 bits per heavy atom. The first-order valence-electron chi connectivity index (χ1n) is 7.11. The first-order valence-corrected chi connectivity index (χ1v) is 7.11. The number of aromatic nitrogens is 2. The van der Waals surface area contributed by atoms with Crippen molar-refractivity contribution in [1.82, 2.24) is 9.97 Å². The van der Waals surface area contributed by atoms with E-state index in [2.05, 4.69) is 27.2 Å². The third-order valence-corrected chi connectivity index (χ3v) is 3.39. The third kappa shape index (κ3) is 3.80. The van der Waals surface area contributed by atoms with E-state index in [-0.39, 0.29) is 0 Å². The highest BCUT2D eigenvalue weighted by Gasteiger charge is 2.18. The van der Waals surface area contributed by atoms with Gasteiger partial charge in [-0.05, 0) is 33.1 Å². The average Bonchev–Trinajstić information content (AvgIpc) is 2.42. The monoisotopic (exact) mass is 264 g/mol. The Hall–Kier alpha value is -1.36. The Kier molecular flexibility index (Phi) is 4.96. The lowest BCUT2D eigenvalue weighted by Gasteiger charge is -2.28. The van der Waals surface area contributed by atoms with Crippen molar-refractivity contribution in [3.8, 4) is 0 Å². The Balaban J connectivity index is 2.04. The van der Waals surface area contributed by atoms with Crippen molar-refractivity contribution in [1.29, 1.82) is 0 Å². The molecule has 0 bridgehead atoms. The molecule has 5 nitrogen and oxygen atoms in total. The van der Waals surface area contributed by atoms with Gasteiger partial charge in [0.1, 0.15) is 5.82 Å². The van der Waals surface area contributed by atoms with Crippen molar-refractivity contribution < 1.29 is 4.74 Å². The van der Waals surface area contributed by atoms with Gasteiger partial charge in [-0.15, -0.1) is 0 Å². The van der Waals surface area contributed by atoms with Gasteiger partial charge in [-0.2, -0.15) is 4.98 Å². The summed E-state index contributed by atoms with van der Waals surface area (Å²) >= 11 is 0. The Morgan fingerprint density at radius 2 is 2.32 bits per heavy atom. The molecule has 1 aromatic heterocycles. The van der Waals surface area contributed by atoms with Gasteiger partial charge in [-0.25, -0.2) is 4.98 Å². The van der Waals surface area contributed by atoms with Crippen LogP contribution in [-0.4, -0.2) is 42.8 Å². The standard InChI is InChI=1S/C14H24N4O/c1-4-15-14-16-9-11(2)13(17-14)18(3)10-12-7-5-6-8-19-12/h9,12H,4-8,10H2,1-3H3,(H,15,16,17). The molecule has 0 saturated carbocycles. The van der Waals surface area contributed by atoms with E-state index in [1.165, 1.54) is 12.8 Å². The fourth-order valence-corrected chi connectivity index (χ4v) is 2.41. The van der Waals surface area contributed by atoms with Gasteiger partial charge >= 0.3 is 0 Å². The number of likely N-dealkylation sites (N-methyl/N-ethyl adjacent to an activating group) is 1. The second-order valence-corrected chi connectivity index (χ2v) is 5.10. The quantitative estimate of drug-likeness (QED) is 0.883. The van der Waals surface area contributed by atoms with Crippen LogP contribution in [0.5, 0.6) is 0 Å². The first-order chi connectivity index (χ1) is 9.20. The lowest BCUT2D eigenvalue weighted by Crippen LogP contribution is -2.34. The SMILES string of the molecule is CCNc1ncc(C)c(N(C)CC2CCCCO2)n1. The predicted molar refractivity (Wildman–Crippen MR) is 77.8 cm³/mol. The molecule has 1 saturated heterocycles. The number of nitrogens with zero attached hydrogens (tertiary/aromatic N) is 3. The van der Waals surface area contributed by atoms with E-state index in [0.717, 1.165) is 37.5 Å². The minimum atomic E-state index is 0.329. The van der Waals surface area contributed by atoms with Crippen molar-refractivity contribution in [3.05, 3.63) is 11.8 Å². The average molecular weight is 264 g/mol. The number of anilines is 2. The summed E-state index contributed by atoms with van der Waals surface area (Å²) < 4.78 is 5.79. The van der Waals surface area contributed by atoms with E-state index in [4.69, 9.17) is 4.74 Å². The number of rotatable bonds is 5. The molecule has 19 heavy (non-hydrogen) atoms. The van der Waals surface area contributed by atoms with E-state index in [1.807, 2.05) is 20.0 Å². The smallest absolute Gasteiger partial charge is 0.224 e. The van der Waals surface area contributed by atoms with Crippen molar-refractivity contribution in [2.45, 2.75) is 39.2 Å². The van der Waals surface area contributed by atoms with Crippen LogP contribution in [0.15, 0.2) is 6.20 Å². The van der Waals surface area contributed by atoms with Crippen LogP contribution in [0.1, 0.15) is 31.7 Å². The summed E-state index contributed by atoms with van der Waals surface area (Å²) in [6, 6.07) is 0. The van der Waals surface area contributed by atoms with Gasteiger partial charge in [0.25, 0.3) is 0 Å². The number of aryl methyl sites for hydroxylation is 1. The molecule has 1 atom stereocenters. The van der Waals surface area contributed by atoms with E-state index in [9.17, 15) is 0 Å². The minimum Gasteiger partial charge on any atom is -0.376 e. The molecule has 1 aliphatic heterocycles. The molecule has 5 heteroatoms. The maximum absolute atomic E-state index is 5.79. The van der Waals surface area contributed by atoms with Crippen molar-refractivity contribution >= 4 is 11.8 Å². The topological polar surface area (TPSA) is 50.3 Å². The van der Waals surface area contributed by atoms with E-state index < -0.39 is 0 Å². The molecule has 0 radical (unpaired) electrons. The molecular formula is C14H24N4O. The molecular weight excluding hydrogens is 240 g/mol. The summed E-state index contributed by atoms with van der Waals surface area (Å²) in [6.07, 6.45) is 5.81. The molecule has 0 aliphatic carbocycles. The zero-order valence-corrected chi connectivity index (χ0v) is 12.1. The fraction of sp³-hybridized carbons (Fsp3) is 0.714. The van der Waals surface area contributed by atoms with Gasteiger partial charge < -0.3 is 15.0 Å². The maximum atomic E-state index is 5.79. The number of hydrogen-bond acceptors (Lipinski definition) is 5. The van der Waals surface area contributed by atoms with Crippen LogP contribution in [0.25, 0.3) is 0 Å². The summed E-state index contributed by atoms with van der Waals surface area (Å²) in [4.78, 5) is 11.0. The van der Waals surface area contributed by atoms with Crippen molar-refractivity contribution in [3.63, 3.8) is 0 Å². The van der Waals surface area contributed by atoms with Crippen LogP contribution in [0.4, 0.5) is 11.8 Å². The highest BCUT2D eigenvalue weighted by Crippen LogP contribution is 2.20. The van der Waals surface area contributed by atoms with Crippen LogP contribution in [0.2, 0.25) is 0 Å². The molecule has 1 aromatic rings. The van der Waals surface area contributed by atoms with Gasteiger partial charge in [-0.3, -0.25) is 0 Å². The third-order valence-electron chi connectivity index (χ3n) is 3.39. The van der Waals surface area contributed by atoms with Crippen molar-refractivity contribution in [2.75, 3.05) is 37.0 Å². The normalized spacial score (nSPS) is 19.2. The summed E-state index contributed by atoms with van der Waals surface area (Å²) in [5, 5.41) is 3.15. The lowest BCUT2D eigenvalue weighted by molar-refractivity contribution is 0.0215. The summed E-state index contributed by atoms with van der Waals surface area (Å²) in [7, 11) is 2.07. The Labute approximate surface area is 115 Å². The van der Waals surface area contributed by atoms with E-state index in [0.29, 0.717) is 12.1 Å². The van der Waals surface area contributed by atoms with Gasteiger partial charge in [0.2, 0.25) is 5.95 Å². The lowest BCUT2D eigenvalue weighted by atomic mass is 10.1. The summed E-state index contributed by atoms with van der Waals surface area (Å²) in [5.74, 6) is 1.68. The molecule has 106 valence electrons. The van der Waals surface area contributed by atoms with Crippen LogP contribution >= 0.6 is 0 Å². The second kappa shape index (κ2) is 6.70. The van der Waals surface area contributed by atoms with Crippen LogP contribution in [0, 0.1) is 6.92 Å². The van der Waals surface area contributed by atoms with Gasteiger partial charge in [-0.1, -0.05) is 0 Å². The molecule has 2 rings (SSSR count). The van der Waals surface area contributed by atoms with Crippen molar-refractivity contribution in [2.24, 2.45) is 0 Å². The van der Waals surface area contributed by atoms with E-state index in [1.54, 1.807) is 0 Å². The highest BCUT2D eigenvalue weighted by molar-refractivity contribution is 5.48. The maximum Gasteiger partial charge on any atom is 0.224 e. The molecule has 0 spiro atoms. The number of nitrogens with one attached hydrogen (secondary N) is 1. The van der Waals surface area contributed by atoms with Crippen LogP contribution in [-0.2, 0) is 4.74 Å². The Bertz CT molecular complexity index is 404. The second-order valence-electron chi connectivity index (χ2n) is 5.10. The van der Waals surface area contributed by atoms with Crippen LogP contribution < -0.4 is 10.2 Å². The zero-order valence-electron chi connectivity index (χ0n) is 12.1. The number of ether oxygens (including phenoxy) is 1. The van der Waals surface area contributed by atoms with Gasteiger partial charge in [0.15, 0.2) is 0 Å². The first kappa shape index (κ1) is 14.1. The molecule has 1 aliphatic rings. The largest absolute Gasteiger partial charge is 0.376 e. The number of hydrogen-bond donors (Lipinski definition) is 1. The molecule has 0 aromatic carbocycles. The van der Waals surface area contributed by atoms with Crippen LogP contribution in [0.3, 0.4) is 0 Å². The summed E-state index contributed by atoms with van der Waals surface area (Å²) in [5.41, 5.74) is 1.10. The molecule has 2 heterocycles. The molecule has 1 N–H and O–H groups in total. The molecule has 1 fully saturated rings. The highest BCUT2D eigenvalue weighted by atomic mass is 16.5. The van der Waals surface area contributed by atoms with Gasteiger partial charge in [0.05, 0.1) is 6.10 Å². The summed E-state index contributed by atoms with van der Waals surface area (Å²) in [6.45, 7) is 6.71. The predicted octanol–water partition coefficient (Wildman–Crippen LogP) is 2.22. The van der Waals surface area contributed by atoms with E-state index >= 15 is 0 Å².